The van der Waals surface area contributed by atoms with Crippen molar-refractivity contribution in [2.75, 3.05) is 0 Å². The Kier molecular flexibility index (Phi) is 4.69. The minimum Gasteiger partial charge on any atom is -0.335 e. The number of rotatable bonds is 6. The third-order valence-corrected chi connectivity index (χ3v) is 4.56. The molecule has 4 rings (SSSR count). The van der Waals surface area contributed by atoms with E-state index in [-0.39, 0.29) is 6.03 Å². The number of hydrogen-bond donors (Lipinski definition) is 2. The predicted molar refractivity (Wildman–Crippen MR) is 102 cm³/mol. The third-order valence-electron chi connectivity index (χ3n) is 4.56. The molecule has 132 valence electrons. The van der Waals surface area contributed by atoms with Crippen LogP contribution in [0.4, 0.5) is 4.79 Å². The molecule has 1 aromatic heterocycles. The first-order valence-electron chi connectivity index (χ1n) is 8.95. The molecule has 1 aliphatic rings. The van der Waals surface area contributed by atoms with E-state index in [0.717, 1.165) is 36.1 Å². The van der Waals surface area contributed by atoms with Gasteiger partial charge in [0.25, 0.3) is 0 Å². The van der Waals surface area contributed by atoms with Crippen LogP contribution in [-0.2, 0) is 13.1 Å². The topological polar surface area (TPSA) is 59.0 Å². The van der Waals surface area contributed by atoms with Crippen LogP contribution in [0.25, 0.3) is 11.1 Å². The van der Waals surface area contributed by atoms with Crippen LogP contribution >= 0.6 is 0 Å². The van der Waals surface area contributed by atoms with Crippen molar-refractivity contribution >= 4 is 6.03 Å². The van der Waals surface area contributed by atoms with Crippen molar-refractivity contribution in [3.8, 4) is 11.1 Å². The van der Waals surface area contributed by atoms with Crippen LogP contribution in [0.5, 0.6) is 0 Å². The molecule has 5 heteroatoms. The van der Waals surface area contributed by atoms with Crippen LogP contribution in [0.15, 0.2) is 67.3 Å². The van der Waals surface area contributed by atoms with Crippen LogP contribution < -0.4 is 10.6 Å². The Bertz CT molecular complexity index is 867. The van der Waals surface area contributed by atoms with Crippen molar-refractivity contribution in [2.45, 2.75) is 32.0 Å². The highest BCUT2D eigenvalue weighted by Crippen LogP contribution is 2.24. The summed E-state index contributed by atoms with van der Waals surface area (Å²) in [5, 5.41) is 5.92. The van der Waals surface area contributed by atoms with Crippen molar-refractivity contribution in [1.29, 1.82) is 0 Å². The molecule has 2 amide bonds. The van der Waals surface area contributed by atoms with E-state index < -0.39 is 0 Å². The summed E-state index contributed by atoms with van der Waals surface area (Å²) < 4.78 is 2.05. The number of nitrogens with zero attached hydrogens (tertiary/aromatic N) is 2. The van der Waals surface area contributed by atoms with Crippen LogP contribution in [0, 0.1) is 0 Å². The summed E-state index contributed by atoms with van der Waals surface area (Å²) >= 11 is 0. The average Bonchev–Trinajstić information content (AvgIpc) is 3.33. The van der Waals surface area contributed by atoms with E-state index >= 15 is 0 Å². The van der Waals surface area contributed by atoms with Crippen molar-refractivity contribution in [3.05, 3.63) is 78.4 Å². The molecular weight excluding hydrogens is 324 g/mol. The Labute approximate surface area is 153 Å². The summed E-state index contributed by atoms with van der Waals surface area (Å²) in [4.78, 5) is 16.0. The summed E-state index contributed by atoms with van der Waals surface area (Å²) in [5.74, 6) is 0. The zero-order valence-corrected chi connectivity index (χ0v) is 14.6. The predicted octanol–water partition coefficient (Wildman–Crippen LogP) is 3.56. The van der Waals surface area contributed by atoms with Gasteiger partial charge in [0.05, 0.1) is 6.33 Å². The molecule has 1 saturated carbocycles. The van der Waals surface area contributed by atoms with Gasteiger partial charge in [-0.05, 0) is 35.1 Å². The number of urea groups is 1. The Morgan fingerprint density at radius 3 is 2.65 bits per heavy atom. The van der Waals surface area contributed by atoms with E-state index in [0.29, 0.717) is 12.6 Å². The Hall–Kier alpha value is -3.08. The zero-order chi connectivity index (χ0) is 17.8. The summed E-state index contributed by atoms with van der Waals surface area (Å²) in [7, 11) is 0. The standard InChI is InChI=1S/C21H22N4O/c26-21(24-19-9-10-19)23-13-18-3-1-2-4-20(18)17-7-5-16(6-8-17)14-25-12-11-22-15-25/h1-8,11-12,15,19H,9-10,13-14H2,(H2,23,24,26). The maximum absolute atomic E-state index is 11.9. The lowest BCUT2D eigenvalue weighted by molar-refractivity contribution is 0.240. The molecule has 1 heterocycles. The summed E-state index contributed by atoms with van der Waals surface area (Å²) in [6.07, 6.45) is 7.75. The first kappa shape index (κ1) is 16.4. The van der Waals surface area contributed by atoms with E-state index in [9.17, 15) is 4.79 Å². The fourth-order valence-corrected chi connectivity index (χ4v) is 2.98. The third kappa shape index (κ3) is 4.11. The highest BCUT2D eigenvalue weighted by Gasteiger charge is 2.23. The van der Waals surface area contributed by atoms with Crippen molar-refractivity contribution in [1.82, 2.24) is 20.2 Å². The number of amides is 2. The number of carbonyl (C=O) groups excluding carboxylic acids is 1. The molecule has 0 bridgehead atoms. The van der Waals surface area contributed by atoms with Crippen LogP contribution in [0.1, 0.15) is 24.0 Å². The van der Waals surface area contributed by atoms with Gasteiger partial charge >= 0.3 is 6.03 Å². The maximum Gasteiger partial charge on any atom is 0.315 e. The summed E-state index contributed by atoms with van der Waals surface area (Å²) in [6, 6.07) is 17.0. The second-order valence-corrected chi connectivity index (χ2v) is 6.69. The largest absolute Gasteiger partial charge is 0.335 e. The van der Waals surface area contributed by atoms with Gasteiger partial charge in [0.2, 0.25) is 0 Å². The number of nitrogens with one attached hydrogen (secondary N) is 2. The molecule has 0 aliphatic heterocycles. The molecule has 0 spiro atoms. The lowest BCUT2D eigenvalue weighted by atomic mass is 9.98. The number of aromatic nitrogens is 2. The van der Waals surface area contributed by atoms with Crippen molar-refractivity contribution < 1.29 is 4.79 Å². The van der Waals surface area contributed by atoms with Crippen LogP contribution in [0.2, 0.25) is 0 Å². The van der Waals surface area contributed by atoms with Gasteiger partial charge in [0, 0.05) is 31.5 Å². The highest BCUT2D eigenvalue weighted by molar-refractivity contribution is 5.75. The normalized spacial score (nSPS) is 13.4. The quantitative estimate of drug-likeness (QED) is 0.717. The number of benzene rings is 2. The molecule has 0 saturated heterocycles. The fourth-order valence-electron chi connectivity index (χ4n) is 2.98. The lowest BCUT2D eigenvalue weighted by Crippen LogP contribution is -2.36. The van der Waals surface area contributed by atoms with E-state index in [1.165, 1.54) is 5.56 Å². The fraction of sp³-hybridized carbons (Fsp3) is 0.238. The van der Waals surface area contributed by atoms with E-state index in [1.807, 2.05) is 29.2 Å². The van der Waals surface area contributed by atoms with Gasteiger partial charge in [-0.25, -0.2) is 9.78 Å². The number of carbonyl (C=O) groups is 1. The molecular formula is C21H22N4O. The van der Waals surface area contributed by atoms with Crippen molar-refractivity contribution in [2.24, 2.45) is 0 Å². The van der Waals surface area contributed by atoms with Gasteiger partial charge in [-0.3, -0.25) is 0 Å². The monoisotopic (exact) mass is 346 g/mol. The van der Waals surface area contributed by atoms with Gasteiger partial charge in [0.1, 0.15) is 0 Å². The maximum atomic E-state index is 11.9. The first-order chi connectivity index (χ1) is 12.8. The molecule has 1 aliphatic carbocycles. The lowest BCUT2D eigenvalue weighted by Gasteiger charge is -2.12. The van der Waals surface area contributed by atoms with Gasteiger partial charge in [-0.1, -0.05) is 48.5 Å². The SMILES string of the molecule is O=C(NCc1ccccc1-c1ccc(Cn2ccnc2)cc1)NC1CC1. The minimum absolute atomic E-state index is 0.0852. The highest BCUT2D eigenvalue weighted by atomic mass is 16.2. The minimum atomic E-state index is -0.0852. The molecule has 5 nitrogen and oxygen atoms in total. The number of imidazole rings is 1. The Balaban J connectivity index is 1.45. The first-order valence-corrected chi connectivity index (χ1v) is 8.95. The summed E-state index contributed by atoms with van der Waals surface area (Å²) in [6.45, 7) is 1.33. The zero-order valence-electron chi connectivity index (χ0n) is 14.6. The van der Waals surface area contributed by atoms with Gasteiger partial charge in [-0.15, -0.1) is 0 Å². The molecule has 3 aromatic rings. The second-order valence-electron chi connectivity index (χ2n) is 6.69. The molecule has 2 N–H and O–H groups in total. The second kappa shape index (κ2) is 7.44. The molecule has 26 heavy (non-hydrogen) atoms. The van der Waals surface area contributed by atoms with Crippen LogP contribution in [-0.4, -0.2) is 21.6 Å². The molecule has 0 atom stereocenters. The molecule has 0 radical (unpaired) electrons. The molecule has 1 fully saturated rings. The Morgan fingerprint density at radius 1 is 1.12 bits per heavy atom. The van der Waals surface area contributed by atoms with Crippen LogP contribution in [0.3, 0.4) is 0 Å². The summed E-state index contributed by atoms with van der Waals surface area (Å²) in [5.41, 5.74) is 4.64. The smallest absolute Gasteiger partial charge is 0.315 e. The van der Waals surface area contributed by atoms with Gasteiger partial charge < -0.3 is 15.2 Å². The van der Waals surface area contributed by atoms with Gasteiger partial charge in [0.15, 0.2) is 0 Å². The number of hydrogen-bond acceptors (Lipinski definition) is 2. The van der Waals surface area contributed by atoms with E-state index in [4.69, 9.17) is 0 Å². The van der Waals surface area contributed by atoms with E-state index in [2.05, 4.69) is 52.0 Å². The molecule has 0 unspecified atom stereocenters. The Morgan fingerprint density at radius 2 is 1.92 bits per heavy atom. The van der Waals surface area contributed by atoms with Gasteiger partial charge in [-0.2, -0.15) is 0 Å². The van der Waals surface area contributed by atoms with E-state index in [1.54, 1.807) is 6.20 Å². The molecule has 2 aromatic carbocycles. The average molecular weight is 346 g/mol. The van der Waals surface area contributed by atoms with Crippen molar-refractivity contribution in [3.63, 3.8) is 0 Å².